The molecule has 118 valence electrons. The number of carbonyl (C=O) groups is 1. The summed E-state index contributed by atoms with van der Waals surface area (Å²) in [5.41, 5.74) is -0.558. The van der Waals surface area contributed by atoms with Crippen LogP contribution in [-0.4, -0.2) is 51.2 Å². The SMILES string of the molecule is CCC1CCC(CCOCCOCCOC)(C(=O)O)C1. The number of ether oxygens (including phenoxy) is 3. The highest BCUT2D eigenvalue weighted by Crippen LogP contribution is 2.45. The molecule has 0 bridgehead atoms. The predicted octanol–water partition coefficient (Wildman–Crippen LogP) is 2.34. The summed E-state index contributed by atoms with van der Waals surface area (Å²) >= 11 is 0. The molecule has 20 heavy (non-hydrogen) atoms. The Hall–Kier alpha value is -0.650. The van der Waals surface area contributed by atoms with Gasteiger partial charge >= 0.3 is 5.97 Å². The maximum absolute atomic E-state index is 11.5. The molecule has 1 saturated carbocycles. The average molecular weight is 288 g/mol. The summed E-state index contributed by atoms with van der Waals surface area (Å²) in [5.74, 6) is -0.100. The Morgan fingerprint density at radius 1 is 1.20 bits per heavy atom. The molecular formula is C15H28O5. The van der Waals surface area contributed by atoms with Crippen LogP contribution >= 0.6 is 0 Å². The molecule has 0 aromatic rings. The summed E-state index contributed by atoms with van der Waals surface area (Å²) in [4.78, 5) is 11.5. The molecule has 0 heterocycles. The maximum atomic E-state index is 11.5. The topological polar surface area (TPSA) is 65.0 Å². The fourth-order valence-corrected chi connectivity index (χ4v) is 2.85. The summed E-state index contributed by atoms with van der Waals surface area (Å²) in [6.07, 6.45) is 4.30. The Labute approximate surface area is 121 Å². The third-order valence-electron chi connectivity index (χ3n) is 4.27. The Morgan fingerprint density at radius 2 is 1.85 bits per heavy atom. The summed E-state index contributed by atoms with van der Waals surface area (Å²) < 4.78 is 15.6. The lowest BCUT2D eigenvalue weighted by Gasteiger charge is -2.24. The molecule has 0 spiro atoms. The summed E-state index contributed by atoms with van der Waals surface area (Å²) in [7, 11) is 1.64. The number of hydrogen-bond acceptors (Lipinski definition) is 4. The van der Waals surface area contributed by atoms with Gasteiger partial charge in [0.2, 0.25) is 0 Å². The van der Waals surface area contributed by atoms with E-state index in [-0.39, 0.29) is 0 Å². The largest absolute Gasteiger partial charge is 0.481 e. The molecule has 5 nitrogen and oxygen atoms in total. The van der Waals surface area contributed by atoms with Crippen LogP contribution in [-0.2, 0) is 19.0 Å². The highest BCUT2D eigenvalue weighted by Gasteiger charge is 2.44. The van der Waals surface area contributed by atoms with Crippen molar-refractivity contribution in [2.75, 3.05) is 40.1 Å². The van der Waals surface area contributed by atoms with Crippen LogP contribution in [0.4, 0.5) is 0 Å². The molecule has 1 aliphatic rings. The molecule has 0 amide bonds. The standard InChI is InChI=1S/C15H28O5/c1-3-13-4-5-15(12-13,14(16)17)6-7-19-10-11-20-9-8-18-2/h13H,3-12H2,1-2H3,(H,16,17). The zero-order chi connectivity index (χ0) is 14.8. The Bertz CT molecular complexity index is 281. The van der Waals surface area contributed by atoms with E-state index in [0.29, 0.717) is 45.4 Å². The van der Waals surface area contributed by atoms with Crippen LogP contribution < -0.4 is 0 Å². The van der Waals surface area contributed by atoms with Crippen molar-refractivity contribution in [3.63, 3.8) is 0 Å². The van der Waals surface area contributed by atoms with E-state index in [9.17, 15) is 9.90 Å². The predicted molar refractivity (Wildman–Crippen MR) is 75.8 cm³/mol. The lowest BCUT2D eigenvalue weighted by Crippen LogP contribution is -2.30. The summed E-state index contributed by atoms with van der Waals surface area (Å²) in [6, 6.07) is 0. The minimum Gasteiger partial charge on any atom is -0.481 e. The van der Waals surface area contributed by atoms with Crippen LogP contribution in [0.5, 0.6) is 0 Å². The number of aliphatic carboxylic acids is 1. The Balaban J connectivity index is 2.16. The molecule has 2 atom stereocenters. The van der Waals surface area contributed by atoms with Gasteiger partial charge in [-0.05, 0) is 31.6 Å². The van der Waals surface area contributed by atoms with Gasteiger partial charge in [0.05, 0.1) is 31.8 Å². The number of carboxylic acid groups (broad SMARTS) is 1. The van der Waals surface area contributed by atoms with Gasteiger partial charge in [0, 0.05) is 13.7 Å². The van der Waals surface area contributed by atoms with E-state index in [1.807, 2.05) is 0 Å². The lowest BCUT2D eigenvalue weighted by molar-refractivity contribution is -0.150. The molecule has 0 aromatic carbocycles. The molecule has 5 heteroatoms. The molecule has 1 N–H and O–H groups in total. The van der Waals surface area contributed by atoms with E-state index in [2.05, 4.69) is 6.92 Å². The average Bonchev–Trinajstić information content (AvgIpc) is 2.87. The normalized spacial score (nSPS) is 26.0. The molecule has 2 unspecified atom stereocenters. The van der Waals surface area contributed by atoms with Gasteiger partial charge in [-0.25, -0.2) is 0 Å². The molecular weight excluding hydrogens is 260 g/mol. The highest BCUT2D eigenvalue weighted by atomic mass is 16.5. The zero-order valence-electron chi connectivity index (χ0n) is 12.7. The van der Waals surface area contributed by atoms with Crippen LogP contribution in [0.3, 0.4) is 0 Å². The molecule has 0 saturated heterocycles. The Kier molecular flexibility index (Phi) is 8.11. The van der Waals surface area contributed by atoms with Gasteiger partial charge in [0.25, 0.3) is 0 Å². The third-order valence-corrected chi connectivity index (χ3v) is 4.27. The summed E-state index contributed by atoms with van der Waals surface area (Å²) in [5, 5.41) is 9.48. The fourth-order valence-electron chi connectivity index (χ4n) is 2.85. The van der Waals surface area contributed by atoms with Gasteiger partial charge in [0.1, 0.15) is 0 Å². The van der Waals surface area contributed by atoms with Crippen LogP contribution in [0, 0.1) is 11.3 Å². The second kappa shape index (κ2) is 9.32. The van der Waals surface area contributed by atoms with Crippen molar-refractivity contribution in [2.24, 2.45) is 11.3 Å². The smallest absolute Gasteiger partial charge is 0.309 e. The van der Waals surface area contributed by atoms with Crippen molar-refractivity contribution in [1.29, 1.82) is 0 Å². The van der Waals surface area contributed by atoms with E-state index in [0.717, 1.165) is 25.7 Å². The van der Waals surface area contributed by atoms with E-state index in [1.165, 1.54) is 0 Å². The quantitative estimate of drug-likeness (QED) is 0.591. The van der Waals surface area contributed by atoms with E-state index in [4.69, 9.17) is 14.2 Å². The first kappa shape index (κ1) is 17.4. The first-order valence-electron chi connectivity index (χ1n) is 7.52. The second-order valence-corrected chi connectivity index (χ2v) is 5.57. The monoisotopic (exact) mass is 288 g/mol. The number of hydrogen-bond donors (Lipinski definition) is 1. The Morgan fingerprint density at radius 3 is 2.40 bits per heavy atom. The minimum absolute atomic E-state index is 0.496. The van der Waals surface area contributed by atoms with Crippen LogP contribution in [0.25, 0.3) is 0 Å². The molecule has 0 aliphatic heterocycles. The van der Waals surface area contributed by atoms with Gasteiger partial charge in [-0.15, -0.1) is 0 Å². The molecule has 1 rings (SSSR count). The van der Waals surface area contributed by atoms with Crippen LogP contribution in [0.2, 0.25) is 0 Å². The van der Waals surface area contributed by atoms with Gasteiger partial charge in [-0.2, -0.15) is 0 Å². The van der Waals surface area contributed by atoms with E-state index >= 15 is 0 Å². The van der Waals surface area contributed by atoms with E-state index in [1.54, 1.807) is 7.11 Å². The fraction of sp³-hybridized carbons (Fsp3) is 0.933. The number of methoxy groups -OCH3 is 1. The zero-order valence-corrected chi connectivity index (χ0v) is 12.7. The molecule has 0 aromatic heterocycles. The second-order valence-electron chi connectivity index (χ2n) is 5.57. The first-order valence-corrected chi connectivity index (χ1v) is 7.52. The van der Waals surface area contributed by atoms with Gasteiger partial charge in [-0.3, -0.25) is 4.79 Å². The van der Waals surface area contributed by atoms with Crippen LogP contribution in [0.1, 0.15) is 39.0 Å². The maximum Gasteiger partial charge on any atom is 0.309 e. The van der Waals surface area contributed by atoms with Crippen molar-refractivity contribution in [1.82, 2.24) is 0 Å². The van der Waals surface area contributed by atoms with Gasteiger partial charge in [0.15, 0.2) is 0 Å². The van der Waals surface area contributed by atoms with E-state index < -0.39 is 11.4 Å². The van der Waals surface area contributed by atoms with Crippen molar-refractivity contribution < 1.29 is 24.1 Å². The van der Waals surface area contributed by atoms with Crippen LogP contribution in [0.15, 0.2) is 0 Å². The first-order chi connectivity index (χ1) is 9.64. The number of carboxylic acids is 1. The molecule has 1 aliphatic carbocycles. The van der Waals surface area contributed by atoms with Crippen molar-refractivity contribution in [3.05, 3.63) is 0 Å². The number of rotatable bonds is 11. The van der Waals surface area contributed by atoms with Crippen molar-refractivity contribution in [3.8, 4) is 0 Å². The van der Waals surface area contributed by atoms with Crippen molar-refractivity contribution >= 4 is 5.97 Å². The lowest BCUT2D eigenvalue weighted by atomic mass is 9.82. The van der Waals surface area contributed by atoms with Gasteiger partial charge in [-0.1, -0.05) is 13.3 Å². The molecule has 0 radical (unpaired) electrons. The van der Waals surface area contributed by atoms with Crippen molar-refractivity contribution in [2.45, 2.75) is 39.0 Å². The molecule has 1 fully saturated rings. The minimum atomic E-state index is -0.659. The van der Waals surface area contributed by atoms with Gasteiger partial charge < -0.3 is 19.3 Å². The third kappa shape index (κ3) is 5.38. The highest BCUT2D eigenvalue weighted by molar-refractivity contribution is 5.75. The summed E-state index contributed by atoms with van der Waals surface area (Å²) in [6.45, 7) is 4.82.